The Balaban J connectivity index is 2.13. The van der Waals surface area contributed by atoms with Gasteiger partial charge >= 0.3 is 0 Å². The highest BCUT2D eigenvalue weighted by Gasteiger charge is 2.15. The molecule has 2 aromatic carbocycles. The van der Waals surface area contributed by atoms with Gasteiger partial charge in [-0.3, -0.25) is 4.79 Å². The second-order valence-electron chi connectivity index (χ2n) is 5.02. The van der Waals surface area contributed by atoms with Crippen LogP contribution in [0.4, 0.5) is 0 Å². The van der Waals surface area contributed by atoms with Crippen LogP contribution in [-0.4, -0.2) is 28.0 Å². The lowest BCUT2D eigenvalue weighted by atomic mass is 10.2. The Labute approximate surface area is 141 Å². The molecule has 0 aromatic heterocycles. The second-order valence-corrected chi connectivity index (χ2v) is 6.79. The van der Waals surface area contributed by atoms with E-state index in [4.69, 9.17) is 4.74 Å². The van der Waals surface area contributed by atoms with Gasteiger partial charge in [0.15, 0.2) is 0 Å². The topological polar surface area (TPSA) is 84.5 Å². The molecule has 1 amide bonds. The fraction of sp³-hybridized carbons (Fsp3) is 0.235. The number of benzene rings is 2. The van der Waals surface area contributed by atoms with Crippen molar-refractivity contribution < 1.29 is 17.9 Å². The highest BCUT2D eigenvalue weighted by molar-refractivity contribution is 7.89. The van der Waals surface area contributed by atoms with Gasteiger partial charge in [-0.15, -0.1) is 0 Å². The van der Waals surface area contributed by atoms with Crippen molar-refractivity contribution in [1.82, 2.24) is 10.0 Å². The molecule has 0 aliphatic rings. The summed E-state index contributed by atoms with van der Waals surface area (Å²) in [7, 11) is -2.03. The number of sulfonamides is 1. The minimum atomic E-state index is -3.59. The van der Waals surface area contributed by atoms with Gasteiger partial charge in [0.25, 0.3) is 5.91 Å². The Morgan fingerprint density at radius 1 is 1.12 bits per heavy atom. The van der Waals surface area contributed by atoms with Crippen LogP contribution in [0.5, 0.6) is 5.75 Å². The Kier molecular flexibility index (Phi) is 5.94. The predicted molar refractivity (Wildman–Crippen MR) is 91.5 cm³/mol. The molecule has 0 spiro atoms. The first-order valence-electron chi connectivity index (χ1n) is 7.47. The molecule has 6 nitrogen and oxygen atoms in total. The monoisotopic (exact) mass is 348 g/mol. The van der Waals surface area contributed by atoms with E-state index in [1.807, 2.05) is 24.3 Å². The molecule has 7 heteroatoms. The van der Waals surface area contributed by atoms with Crippen molar-refractivity contribution >= 4 is 15.9 Å². The molecule has 2 rings (SSSR count). The van der Waals surface area contributed by atoms with E-state index in [9.17, 15) is 13.2 Å². The fourth-order valence-corrected chi connectivity index (χ4v) is 3.29. The number of hydrogen-bond donors (Lipinski definition) is 2. The number of carbonyl (C=O) groups is 1. The van der Waals surface area contributed by atoms with Gasteiger partial charge in [0.2, 0.25) is 10.0 Å². The number of para-hydroxylation sites is 1. The van der Waals surface area contributed by atoms with Crippen molar-refractivity contribution in [2.75, 3.05) is 13.7 Å². The molecule has 0 heterocycles. The molecule has 0 saturated heterocycles. The summed E-state index contributed by atoms with van der Waals surface area (Å²) in [5, 5.41) is 2.77. The van der Waals surface area contributed by atoms with Gasteiger partial charge in [-0.2, -0.15) is 0 Å². The second kappa shape index (κ2) is 7.94. The predicted octanol–water partition coefficient (Wildman–Crippen LogP) is 1.92. The Morgan fingerprint density at radius 3 is 2.58 bits per heavy atom. The van der Waals surface area contributed by atoms with Crippen LogP contribution in [0.1, 0.15) is 22.8 Å². The van der Waals surface area contributed by atoms with Crippen LogP contribution in [0.25, 0.3) is 0 Å². The maximum atomic E-state index is 12.3. The molecule has 2 aromatic rings. The Hall–Kier alpha value is -2.38. The number of methoxy groups -OCH3 is 1. The number of carbonyl (C=O) groups excluding carboxylic acids is 1. The quantitative estimate of drug-likeness (QED) is 0.801. The fourth-order valence-electron chi connectivity index (χ4n) is 2.20. The molecule has 24 heavy (non-hydrogen) atoms. The van der Waals surface area contributed by atoms with Crippen molar-refractivity contribution in [3.63, 3.8) is 0 Å². The Morgan fingerprint density at radius 2 is 1.88 bits per heavy atom. The summed E-state index contributed by atoms with van der Waals surface area (Å²) in [5.41, 5.74) is 1.12. The first-order valence-corrected chi connectivity index (χ1v) is 8.96. The molecule has 0 radical (unpaired) electrons. The Bertz CT molecular complexity index is 819. The van der Waals surface area contributed by atoms with E-state index in [2.05, 4.69) is 10.0 Å². The number of ether oxygens (including phenoxy) is 1. The third kappa shape index (κ3) is 4.33. The van der Waals surface area contributed by atoms with E-state index in [1.165, 1.54) is 12.1 Å². The van der Waals surface area contributed by atoms with Crippen LogP contribution in [-0.2, 0) is 16.6 Å². The molecule has 2 N–H and O–H groups in total. The van der Waals surface area contributed by atoms with Crippen LogP contribution in [0.2, 0.25) is 0 Å². The van der Waals surface area contributed by atoms with Gasteiger partial charge in [0.1, 0.15) is 5.75 Å². The van der Waals surface area contributed by atoms with Gasteiger partial charge in [0, 0.05) is 24.2 Å². The van der Waals surface area contributed by atoms with Crippen LogP contribution >= 0.6 is 0 Å². The minimum Gasteiger partial charge on any atom is -0.496 e. The maximum Gasteiger partial charge on any atom is 0.251 e. The number of hydrogen-bond acceptors (Lipinski definition) is 4. The zero-order chi connectivity index (χ0) is 17.6. The summed E-state index contributed by atoms with van der Waals surface area (Å²) >= 11 is 0. The first kappa shape index (κ1) is 18.0. The summed E-state index contributed by atoms with van der Waals surface area (Å²) in [6, 6.07) is 13.3. The molecule has 0 fully saturated rings. The minimum absolute atomic E-state index is 0.0642. The van der Waals surface area contributed by atoms with Gasteiger partial charge in [-0.05, 0) is 24.3 Å². The molecule has 0 aliphatic carbocycles. The molecular formula is C17H20N2O4S. The summed E-state index contributed by atoms with van der Waals surface area (Å²) in [6.45, 7) is 2.26. The molecule has 0 unspecified atom stereocenters. The van der Waals surface area contributed by atoms with Crippen LogP contribution in [0.15, 0.2) is 53.4 Å². The molecule has 0 aliphatic heterocycles. The van der Waals surface area contributed by atoms with Crippen molar-refractivity contribution in [3.05, 3.63) is 59.7 Å². The highest BCUT2D eigenvalue weighted by Crippen LogP contribution is 2.17. The smallest absolute Gasteiger partial charge is 0.251 e. The van der Waals surface area contributed by atoms with E-state index in [0.29, 0.717) is 5.75 Å². The van der Waals surface area contributed by atoms with Gasteiger partial charge < -0.3 is 10.1 Å². The molecule has 128 valence electrons. The van der Waals surface area contributed by atoms with Crippen LogP contribution in [0.3, 0.4) is 0 Å². The average Bonchev–Trinajstić information content (AvgIpc) is 2.60. The highest BCUT2D eigenvalue weighted by atomic mass is 32.2. The molecule has 0 atom stereocenters. The standard InChI is InChI=1S/C17H20N2O4S/c1-3-19-24(21,22)15-9-6-8-13(11-15)17(20)18-12-14-7-4-5-10-16(14)23-2/h4-11,19H,3,12H2,1-2H3,(H,18,20). The zero-order valence-corrected chi connectivity index (χ0v) is 14.4. The van der Waals surface area contributed by atoms with E-state index in [0.717, 1.165) is 5.56 Å². The third-order valence-corrected chi connectivity index (χ3v) is 4.92. The normalized spacial score (nSPS) is 11.1. The summed E-state index contributed by atoms with van der Waals surface area (Å²) < 4.78 is 31.7. The van der Waals surface area contributed by atoms with E-state index in [1.54, 1.807) is 26.2 Å². The molecule has 0 saturated carbocycles. The van der Waals surface area contributed by atoms with Gasteiger partial charge in [-0.25, -0.2) is 13.1 Å². The van der Waals surface area contributed by atoms with Gasteiger partial charge in [-0.1, -0.05) is 31.2 Å². The van der Waals surface area contributed by atoms with Crippen molar-refractivity contribution in [2.24, 2.45) is 0 Å². The number of amides is 1. The van der Waals surface area contributed by atoms with Crippen molar-refractivity contribution in [1.29, 1.82) is 0 Å². The number of nitrogens with one attached hydrogen (secondary N) is 2. The SMILES string of the molecule is CCNS(=O)(=O)c1cccc(C(=O)NCc2ccccc2OC)c1. The van der Waals surface area contributed by atoms with Crippen molar-refractivity contribution in [2.45, 2.75) is 18.4 Å². The average molecular weight is 348 g/mol. The molecule has 0 bridgehead atoms. The van der Waals surface area contributed by atoms with E-state index >= 15 is 0 Å². The third-order valence-electron chi connectivity index (χ3n) is 3.37. The first-order chi connectivity index (χ1) is 11.5. The van der Waals surface area contributed by atoms with Crippen LogP contribution < -0.4 is 14.8 Å². The lowest BCUT2D eigenvalue weighted by Gasteiger charge is -2.10. The van der Waals surface area contributed by atoms with Crippen LogP contribution in [0, 0.1) is 0 Å². The largest absolute Gasteiger partial charge is 0.496 e. The summed E-state index contributed by atoms with van der Waals surface area (Å²) in [4.78, 5) is 12.4. The van der Waals surface area contributed by atoms with Gasteiger partial charge in [0.05, 0.1) is 12.0 Å². The lowest BCUT2D eigenvalue weighted by molar-refractivity contribution is 0.0950. The van der Waals surface area contributed by atoms with E-state index in [-0.39, 0.29) is 29.5 Å². The maximum absolute atomic E-state index is 12.3. The number of rotatable bonds is 7. The lowest BCUT2D eigenvalue weighted by Crippen LogP contribution is -2.25. The van der Waals surface area contributed by atoms with Crippen molar-refractivity contribution in [3.8, 4) is 5.75 Å². The van der Waals surface area contributed by atoms with E-state index < -0.39 is 10.0 Å². The summed E-state index contributed by atoms with van der Waals surface area (Å²) in [5.74, 6) is 0.329. The zero-order valence-electron chi connectivity index (χ0n) is 13.6. The molecular weight excluding hydrogens is 328 g/mol. The summed E-state index contributed by atoms with van der Waals surface area (Å²) in [6.07, 6.45) is 0.